The molecule has 0 spiro atoms. The van der Waals surface area contributed by atoms with Gasteiger partial charge in [-0.15, -0.1) is 0 Å². The van der Waals surface area contributed by atoms with Gasteiger partial charge in [0, 0.05) is 18.7 Å². The van der Waals surface area contributed by atoms with Crippen molar-refractivity contribution in [3.8, 4) is 11.5 Å². The van der Waals surface area contributed by atoms with Crippen LogP contribution in [-0.4, -0.2) is 55.9 Å². The number of carbonyl (C=O) groups is 1. The number of halogens is 1. The zero-order valence-electron chi connectivity index (χ0n) is 12.8. The van der Waals surface area contributed by atoms with E-state index in [1.165, 1.54) is 14.2 Å². The van der Waals surface area contributed by atoms with Crippen LogP contribution in [0.3, 0.4) is 0 Å². The summed E-state index contributed by atoms with van der Waals surface area (Å²) < 4.78 is 10.4. The Morgan fingerprint density at radius 2 is 2.14 bits per heavy atom. The predicted molar refractivity (Wildman–Crippen MR) is 84.9 cm³/mol. The van der Waals surface area contributed by atoms with E-state index >= 15 is 0 Å². The summed E-state index contributed by atoms with van der Waals surface area (Å²) in [6, 6.07) is 3.23. The van der Waals surface area contributed by atoms with Gasteiger partial charge in [0.25, 0.3) is 0 Å². The molecule has 1 unspecified atom stereocenters. The van der Waals surface area contributed by atoms with Gasteiger partial charge in [0.15, 0.2) is 0 Å². The number of likely N-dealkylation sites (tertiary alicyclic amines) is 1. The van der Waals surface area contributed by atoms with Crippen molar-refractivity contribution in [2.24, 2.45) is 0 Å². The first-order valence-electron chi connectivity index (χ1n) is 7.15. The highest BCUT2D eigenvalue weighted by Crippen LogP contribution is 2.35. The molecule has 6 nitrogen and oxygen atoms in total. The van der Waals surface area contributed by atoms with E-state index in [0.717, 1.165) is 19.4 Å². The first kappa shape index (κ1) is 16.9. The van der Waals surface area contributed by atoms with Gasteiger partial charge in [-0.2, -0.15) is 0 Å². The van der Waals surface area contributed by atoms with E-state index in [1.54, 1.807) is 12.1 Å². The number of nitrogens with one attached hydrogen (secondary N) is 1. The molecule has 2 rings (SSSR count). The number of piperidine rings is 1. The van der Waals surface area contributed by atoms with E-state index in [-0.39, 0.29) is 18.6 Å². The molecule has 1 heterocycles. The van der Waals surface area contributed by atoms with Gasteiger partial charge in [-0.1, -0.05) is 11.6 Å². The minimum absolute atomic E-state index is 0.170. The lowest BCUT2D eigenvalue weighted by Crippen LogP contribution is -2.42. The predicted octanol–water partition coefficient (Wildman–Crippen LogP) is 1.75. The monoisotopic (exact) mass is 328 g/mol. The molecule has 1 saturated heterocycles. The Labute approximate surface area is 135 Å². The first-order valence-corrected chi connectivity index (χ1v) is 7.53. The maximum Gasteiger partial charge on any atom is 0.238 e. The maximum atomic E-state index is 12.2. The van der Waals surface area contributed by atoms with Gasteiger partial charge in [-0.25, -0.2) is 0 Å². The molecule has 1 atom stereocenters. The number of benzene rings is 1. The van der Waals surface area contributed by atoms with Crippen molar-refractivity contribution in [3.05, 3.63) is 17.2 Å². The van der Waals surface area contributed by atoms with Crippen molar-refractivity contribution < 1.29 is 19.4 Å². The van der Waals surface area contributed by atoms with Crippen molar-refractivity contribution in [2.75, 3.05) is 39.2 Å². The minimum Gasteiger partial charge on any atom is -0.495 e. The number of β-amino-alcohol motifs (C(OH)–C–C–N with tert-alkyl or cyclic N) is 1. The van der Waals surface area contributed by atoms with Crippen molar-refractivity contribution in [3.63, 3.8) is 0 Å². The van der Waals surface area contributed by atoms with E-state index in [9.17, 15) is 9.90 Å². The highest BCUT2D eigenvalue weighted by Gasteiger charge is 2.20. The van der Waals surface area contributed by atoms with Crippen LogP contribution in [0.25, 0.3) is 0 Å². The summed E-state index contributed by atoms with van der Waals surface area (Å²) in [4.78, 5) is 14.1. The highest BCUT2D eigenvalue weighted by molar-refractivity contribution is 6.32. The molecule has 1 aliphatic heterocycles. The van der Waals surface area contributed by atoms with E-state index in [4.69, 9.17) is 21.1 Å². The normalized spacial score (nSPS) is 18.8. The van der Waals surface area contributed by atoms with Crippen LogP contribution in [0, 0.1) is 0 Å². The molecule has 0 aromatic heterocycles. The second-order valence-electron chi connectivity index (χ2n) is 5.27. The Balaban J connectivity index is 2.04. The Morgan fingerprint density at radius 1 is 1.41 bits per heavy atom. The standard InChI is InChI=1S/C15H21ClN2O4/c1-21-13-7-12(14(22-2)6-11(13)16)17-15(20)9-18-5-3-4-10(19)8-18/h6-7,10,19H,3-5,8-9H2,1-2H3,(H,17,20). The SMILES string of the molecule is COc1cc(NC(=O)CN2CCCC(O)C2)c(OC)cc1Cl. The van der Waals surface area contributed by atoms with Crippen molar-refractivity contribution in [1.82, 2.24) is 4.90 Å². The summed E-state index contributed by atoms with van der Waals surface area (Å²) in [6.07, 6.45) is 1.33. The van der Waals surface area contributed by atoms with E-state index < -0.39 is 0 Å². The zero-order valence-corrected chi connectivity index (χ0v) is 13.5. The number of amides is 1. The lowest BCUT2D eigenvalue weighted by Gasteiger charge is -2.29. The van der Waals surface area contributed by atoms with E-state index in [1.807, 2.05) is 4.90 Å². The number of methoxy groups -OCH3 is 2. The zero-order chi connectivity index (χ0) is 16.1. The van der Waals surface area contributed by atoms with Crippen molar-refractivity contribution in [2.45, 2.75) is 18.9 Å². The number of aliphatic hydroxyl groups is 1. The Morgan fingerprint density at radius 3 is 2.77 bits per heavy atom. The van der Waals surface area contributed by atoms with Crippen LogP contribution < -0.4 is 14.8 Å². The molecule has 1 fully saturated rings. The molecule has 0 bridgehead atoms. The van der Waals surface area contributed by atoms with Crippen LogP contribution in [0.2, 0.25) is 5.02 Å². The molecule has 2 N–H and O–H groups in total. The molecule has 22 heavy (non-hydrogen) atoms. The number of aliphatic hydroxyl groups excluding tert-OH is 1. The fraction of sp³-hybridized carbons (Fsp3) is 0.533. The van der Waals surface area contributed by atoms with Crippen LogP contribution in [-0.2, 0) is 4.79 Å². The molecule has 0 aliphatic carbocycles. The summed E-state index contributed by atoms with van der Waals surface area (Å²) in [6.45, 7) is 1.56. The Kier molecular flexibility index (Phi) is 5.88. The summed E-state index contributed by atoms with van der Waals surface area (Å²) in [5, 5.41) is 12.9. The minimum atomic E-state index is -0.355. The molecular formula is C15H21ClN2O4. The molecule has 1 aliphatic rings. The van der Waals surface area contributed by atoms with Crippen LogP contribution in [0.15, 0.2) is 12.1 Å². The number of rotatable bonds is 5. The lowest BCUT2D eigenvalue weighted by atomic mass is 10.1. The molecule has 122 valence electrons. The van der Waals surface area contributed by atoms with Gasteiger partial charge in [-0.05, 0) is 19.4 Å². The molecule has 1 aromatic carbocycles. The summed E-state index contributed by atoms with van der Waals surface area (Å²) in [7, 11) is 3.02. The van der Waals surface area contributed by atoms with Crippen LogP contribution in [0.5, 0.6) is 11.5 Å². The molecule has 0 radical (unpaired) electrons. The fourth-order valence-corrected chi connectivity index (χ4v) is 2.76. The van der Waals surface area contributed by atoms with Crippen LogP contribution in [0.1, 0.15) is 12.8 Å². The number of ether oxygens (including phenoxy) is 2. The molecule has 1 aromatic rings. The van der Waals surface area contributed by atoms with Crippen LogP contribution >= 0.6 is 11.6 Å². The van der Waals surface area contributed by atoms with Gasteiger partial charge in [0.2, 0.25) is 5.91 Å². The number of anilines is 1. The second kappa shape index (κ2) is 7.67. The molecule has 0 saturated carbocycles. The third-order valence-electron chi connectivity index (χ3n) is 3.60. The van der Waals surface area contributed by atoms with E-state index in [0.29, 0.717) is 28.8 Å². The second-order valence-corrected chi connectivity index (χ2v) is 5.67. The van der Waals surface area contributed by atoms with Gasteiger partial charge in [-0.3, -0.25) is 9.69 Å². The van der Waals surface area contributed by atoms with Gasteiger partial charge in [0.05, 0.1) is 37.6 Å². The molecular weight excluding hydrogens is 308 g/mol. The van der Waals surface area contributed by atoms with Crippen molar-refractivity contribution in [1.29, 1.82) is 0 Å². The average molecular weight is 329 g/mol. The maximum absolute atomic E-state index is 12.2. The number of carbonyl (C=O) groups excluding carboxylic acids is 1. The van der Waals surface area contributed by atoms with Gasteiger partial charge >= 0.3 is 0 Å². The fourth-order valence-electron chi connectivity index (χ4n) is 2.53. The molecule has 1 amide bonds. The quantitative estimate of drug-likeness (QED) is 0.861. The largest absolute Gasteiger partial charge is 0.495 e. The Hall–Kier alpha value is -1.50. The highest BCUT2D eigenvalue weighted by atomic mass is 35.5. The topological polar surface area (TPSA) is 71.0 Å². The van der Waals surface area contributed by atoms with Crippen LogP contribution in [0.4, 0.5) is 5.69 Å². The number of nitrogens with zero attached hydrogens (tertiary/aromatic N) is 1. The average Bonchev–Trinajstić information content (AvgIpc) is 2.48. The lowest BCUT2D eigenvalue weighted by molar-refractivity contribution is -0.118. The van der Waals surface area contributed by atoms with E-state index in [2.05, 4.69) is 5.32 Å². The Bertz CT molecular complexity index is 539. The van der Waals surface area contributed by atoms with Crippen molar-refractivity contribution >= 4 is 23.2 Å². The van der Waals surface area contributed by atoms with Gasteiger partial charge < -0.3 is 19.9 Å². The number of hydrogen-bond acceptors (Lipinski definition) is 5. The molecule has 7 heteroatoms. The van der Waals surface area contributed by atoms with Gasteiger partial charge in [0.1, 0.15) is 11.5 Å². The third-order valence-corrected chi connectivity index (χ3v) is 3.89. The number of hydrogen-bond donors (Lipinski definition) is 2. The smallest absolute Gasteiger partial charge is 0.238 e. The first-order chi connectivity index (χ1) is 10.5. The summed E-state index contributed by atoms with van der Waals surface area (Å²) >= 11 is 6.03. The third kappa shape index (κ3) is 4.25. The summed E-state index contributed by atoms with van der Waals surface area (Å²) in [5.74, 6) is 0.765. The summed E-state index contributed by atoms with van der Waals surface area (Å²) in [5.41, 5.74) is 0.506.